The summed E-state index contributed by atoms with van der Waals surface area (Å²) in [4.78, 5) is 0. The van der Waals surface area contributed by atoms with Crippen LogP contribution in [0.5, 0.6) is 0 Å². The number of rotatable bonds is 0. The van der Waals surface area contributed by atoms with Gasteiger partial charge in [0.15, 0.2) is 0 Å². The normalized spacial score (nSPS) is 7.50. The Balaban J connectivity index is 0.000000490. The van der Waals surface area contributed by atoms with Crippen molar-refractivity contribution in [2.75, 3.05) is 0 Å². The van der Waals surface area contributed by atoms with E-state index in [1.807, 2.05) is 18.2 Å². The molecule has 0 amide bonds. The fraction of sp³-hybridized carbons (Fsp3) is 0. The van der Waals surface area contributed by atoms with Crippen molar-refractivity contribution >= 4 is 82.2 Å². The van der Waals surface area contributed by atoms with Gasteiger partial charge in [-0.3, -0.25) is 0 Å². The Morgan fingerprint density at radius 3 is 1.75 bits per heavy atom. The fourth-order valence-electron chi connectivity index (χ4n) is 0.534. The van der Waals surface area contributed by atoms with Crippen molar-refractivity contribution in [1.29, 1.82) is 0 Å². The van der Waals surface area contributed by atoms with Gasteiger partial charge in [0, 0.05) is 0 Å². The molecule has 0 saturated heterocycles. The summed E-state index contributed by atoms with van der Waals surface area (Å²) in [5.41, 5.74) is 1.32. The van der Waals surface area contributed by atoms with Crippen molar-refractivity contribution < 1.29 is 0 Å². The Hall–Kier alpha value is 1.34. The van der Waals surface area contributed by atoms with Gasteiger partial charge in [0.25, 0.3) is 0 Å². The van der Waals surface area contributed by atoms with E-state index in [0.29, 0.717) is 0 Å². The molecule has 0 radical (unpaired) electrons. The molecule has 1 aromatic rings. The zero-order valence-corrected chi connectivity index (χ0v) is 4.39. The van der Waals surface area contributed by atoms with Crippen LogP contribution in [0.1, 0.15) is 0 Å². The zero-order chi connectivity index (χ0) is 5.11. The second-order valence-electron chi connectivity index (χ2n) is 1.65. The molecule has 0 saturated carbocycles. The van der Waals surface area contributed by atoms with E-state index < -0.39 is 0 Å². The van der Waals surface area contributed by atoms with Gasteiger partial charge in [-0.05, 0) is 0 Å². The van der Waals surface area contributed by atoms with Crippen LogP contribution in [-0.2, 0) is 0 Å². The molecule has 0 nitrogen and oxygen atoms in total. The number of hydrogen-bond acceptors (Lipinski definition) is 0. The Labute approximate surface area is 110 Å². The van der Waals surface area contributed by atoms with Gasteiger partial charge in [0.1, 0.15) is 7.85 Å². The molecule has 1 rings (SSSR count). The van der Waals surface area contributed by atoms with Crippen LogP contribution in [0.2, 0.25) is 0 Å². The zero-order valence-electron chi connectivity index (χ0n) is 4.39. The molecule has 0 N–H and O–H groups in total. The molecular weight excluding hydrogens is 216 g/mol. The van der Waals surface area contributed by atoms with E-state index >= 15 is 0 Å². The van der Waals surface area contributed by atoms with Gasteiger partial charge >= 0.3 is 68.9 Å². The van der Waals surface area contributed by atoms with E-state index in [2.05, 4.69) is 20.0 Å². The van der Waals surface area contributed by atoms with Gasteiger partial charge in [-0.25, -0.2) is 0 Å². The molecule has 0 spiro atoms. The standard InChI is InChI=1S/C6H7B.Cs.H/c7-6-4-2-1-3-5-6;;/h1-5H,7H2;;. The van der Waals surface area contributed by atoms with E-state index in [4.69, 9.17) is 0 Å². The maximum atomic E-state index is 2.08. The molecule has 8 heavy (non-hydrogen) atoms. The molecule has 0 aliphatic rings. The minimum absolute atomic E-state index is 0. The quantitative estimate of drug-likeness (QED) is 0.511. The third-order valence-electron chi connectivity index (χ3n) is 0.940. The first-order valence-corrected chi connectivity index (χ1v) is 2.41. The van der Waals surface area contributed by atoms with Crippen LogP contribution < -0.4 is 5.46 Å². The van der Waals surface area contributed by atoms with Gasteiger partial charge in [-0.1, -0.05) is 35.8 Å². The van der Waals surface area contributed by atoms with E-state index in [0.717, 1.165) is 0 Å². The van der Waals surface area contributed by atoms with Gasteiger partial charge in [0.05, 0.1) is 0 Å². The van der Waals surface area contributed by atoms with Crippen LogP contribution in [0, 0.1) is 0 Å². The summed E-state index contributed by atoms with van der Waals surface area (Å²) in [5, 5.41) is 0. The molecule has 0 atom stereocenters. The Morgan fingerprint density at radius 1 is 1.00 bits per heavy atom. The molecule has 0 unspecified atom stereocenters. The number of hydrogen-bond donors (Lipinski definition) is 0. The molecule has 0 fully saturated rings. The summed E-state index contributed by atoms with van der Waals surface area (Å²) < 4.78 is 0. The molecule has 1 aromatic carbocycles. The van der Waals surface area contributed by atoms with Crippen LogP contribution in [0.3, 0.4) is 0 Å². The van der Waals surface area contributed by atoms with Gasteiger partial charge < -0.3 is 0 Å². The van der Waals surface area contributed by atoms with Crippen molar-refractivity contribution in [2.24, 2.45) is 0 Å². The van der Waals surface area contributed by atoms with E-state index in [1.54, 1.807) is 0 Å². The maximum absolute atomic E-state index is 2.08. The van der Waals surface area contributed by atoms with Crippen LogP contribution in [0.4, 0.5) is 0 Å². The Kier molecular flexibility index (Phi) is 6.01. The summed E-state index contributed by atoms with van der Waals surface area (Å²) in [6.07, 6.45) is 0. The van der Waals surface area contributed by atoms with E-state index in [9.17, 15) is 0 Å². The summed E-state index contributed by atoms with van der Waals surface area (Å²) >= 11 is 0. The van der Waals surface area contributed by atoms with Crippen LogP contribution in [0.15, 0.2) is 30.3 Å². The van der Waals surface area contributed by atoms with Gasteiger partial charge in [0.2, 0.25) is 0 Å². The SMILES string of the molecule is Bc1ccccc1.[CsH]. The fourth-order valence-corrected chi connectivity index (χ4v) is 0.534. The molecule has 0 aromatic heterocycles. The van der Waals surface area contributed by atoms with Crippen molar-refractivity contribution in [3.05, 3.63) is 30.3 Å². The first-order chi connectivity index (χ1) is 3.39. The van der Waals surface area contributed by atoms with Crippen LogP contribution >= 0.6 is 0 Å². The summed E-state index contributed by atoms with van der Waals surface area (Å²) in [7, 11) is 2.08. The molecule has 0 aliphatic carbocycles. The average Bonchev–Trinajstić information content (AvgIpc) is 1.69. The summed E-state index contributed by atoms with van der Waals surface area (Å²) in [5.74, 6) is 0. The predicted molar refractivity (Wildman–Crippen MR) is 41.8 cm³/mol. The Morgan fingerprint density at radius 2 is 1.50 bits per heavy atom. The van der Waals surface area contributed by atoms with Crippen LogP contribution in [0.25, 0.3) is 0 Å². The van der Waals surface area contributed by atoms with Crippen molar-refractivity contribution in [2.45, 2.75) is 0 Å². The second-order valence-corrected chi connectivity index (χ2v) is 1.65. The van der Waals surface area contributed by atoms with Crippen molar-refractivity contribution in [1.82, 2.24) is 0 Å². The molecule has 36 valence electrons. The van der Waals surface area contributed by atoms with E-state index in [-0.39, 0.29) is 68.9 Å². The van der Waals surface area contributed by atoms with Crippen molar-refractivity contribution in [3.63, 3.8) is 0 Å². The van der Waals surface area contributed by atoms with Crippen molar-refractivity contribution in [3.8, 4) is 0 Å². The molecular formula is C6H8BCs. The molecule has 2 heteroatoms. The Bertz CT molecular complexity index is 138. The minimum atomic E-state index is 0. The third kappa shape index (κ3) is 3.38. The second kappa shape index (κ2) is 5.15. The monoisotopic (exact) mass is 224 g/mol. The number of benzene rings is 1. The first-order valence-electron chi connectivity index (χ1n) is 2.41. The molecule has 0 bridgehead atoms. The molecule has 0 aliphatic heterocycles. The topological polar surface area (TPSA) is 0 Å². The van der Waals surface area contributed by atoms with Crippen LogP contribution in [-0.4, -0.2) is 76.7 Å². The average molecular weight is 224 g/mol. The first kappa shape index (κ1) is 9.34. The van der Waals surface area contributed by atoms with Gasteiger partial charge in [-0.2, -0.15) is 0 Å². The molecule has 0 heterocycles. The predicted octanol–water partition coefficient (Wildman–Crippen LogP) is -0.704. The van der Waals surface area contributed by atoms with Gasteiger partial charge in [-0.15, -0.1) is 0 Å². The van der Waals surface area contributed by atoms with E-state index in [1.165, 1.54) is 5.46 Å². The third-order valence-corrected chi connectivity index (χ3v) is 0.940. The summed E-state index contributed by atoms with van der Waals surface area (Å²) in [6, 6.07) is 10.3. The summed E-state index contributed by atoms with van der Waals surface area (Å²) in [6.45, 7) is 0.